The zero-order chi connectivity index (χ0) is 19.3. The van der Waals surface area contributed by atoms with E-state index in [0.717, 1.165) is 60.4 Å². The Morgan fingerprint density at radius 1 is 1.00 bits per heavy atom. The fourth-order valence-electron chi connectivity index (χ4n) is 3.41. The predicted molar refractivity (Wildman–Crippen MR) is 117 cm³/mol. The molecule has 1 saturated heterocycles. The fourth-order valence-corrected chi connectivity index (χ4v) is 4.43. The summed E-state index contributed by atoms with van der Waals surface area (Å²) in [5, 5.41) is 1.14. The summed E-state index contributed by atoms with van der Waals surface area (Å²) >= 11 is 1.79. The number of fused-ring (bicyclic) bond motifs is 1. The third kappa shape index (κ3) is 4.13. The molecule has 0 spiro atoms. The van der Waals surface area contributed by atoms with Gasteiger partial charge < -0.3 is 14.4 Å². The zero-order valence-electron chi connectivity index (χ0n) is 16.3. The molecule has 5 nitrogen and oxygen atoms in total. The molecular weight excluding hydrogens is 370 g/mol. The van der Waals surface area contributed by atoms with Crippen LogP contribution in [-0.2, 0) is 0 Å². The van der Waals surface area contributed by atoms with Crippen molar-refractivity contribution < 1.29 is 9.47 Å². The molecule has 6 heteroatoms. The average Bonchev–Trinajstić information content (AvgIpc) is 3.18. The van der Waals surface area contributed by atoms with Gasteiger partial charge in [0.2, 0.25) is 0 Å². The van der Waals surface area contributed by atoms with Gasteiger partial charge in [0.15, 0.2) is 16.6 Å². The molecule has 4 rings (SSSR count). The second kappa shape index (κ2) is 8.63. The molecule has 0 unspecified atom stereocenters. The molecule has 1 aliphatic rings. The van der Waals surface area contributed by atoms with Crippen molar-refractivity contribution in [2.45, 2.75) is 0 Å². The monoisotopic (exact) mass is 395 g/mol. The van der Waals surface area contributed by atoms with Crippen LogP contribution in [0, 0.1) is 0 Å². The summed E-state index contributed by atoms with van der Waals surface area (Å²) in [7, 11) is 3.32. The molecule has 2 heterocycles. The van der Waals surface area contributed by atoms with E-state index in [1.165, 1.54) is 4.70 Å². The summed E-state index contributed by atoms with van der Waals surface area (Å²) in [6.45, 7) is 5.08. The highest BCUT2D eigenvalue weighted by molar-refractivity contribution is 7.22. The summed E-state index contributed by atoms with van der Waals surface area (Å²) in [5.41, 5.74) is 2.22. The molecule has 0 amide bonds. The van der Waals surface area contributed by atoms with Crippen LogP contribution in [0.15, 0.2) is 48.5 Å². The van der Waals surface area contributed by atoms with Crippen LogP contribution >= 0.6 is 11.3 Å². The molecule has 1 aliphatic heterocycles. The first-order chi connectivity index (χ1) is 13.8. The van der Waals surface area contributed by atoms with Gasteiger partial charge in [-0.3, -0.25) is 4.90 Å². The van der Waals surface area contributed by atoms with Crippen LogP contribution in [-0.4, -0.2) is 56.8 Å². The van der Waals surface area contributed by atoms with Crippen LogP contribution in [0.25, 0.3) is 16.3 Å². The van der Waals surface area contributed by atoms with Crippen molar-refractivity contribution in [2.75, 3.05) is 51.8 Å². The van der Waals surface area contributed by atoms with E-state index in [4.69, 9.17) is 14.5 Å². The van der Waals surface area contributed by atoms with E-state index in [1.54, 1.807) is 25.6 Å². The van der Waals surface area contributed by atoms with Gasteiger partial charge in [-0.1, -0.05) is 41.7 Å². The van der Waals surface area contributed by atoms with E-state index in [9.17, 15) is 0 Å². The summed E-state index contributed by atoms with van der Waals surface area (Å²) in [6.07, 6.45) is 4.36. The van der Waals surface area contributed by atoms with Gasteiger partial charge in [0.1, 0.15) is 0 Å². The maximum absolute atomic E-state index is 5.37. The summed E-state index contributed by atoms with van der Waals surface area (Å²) in [6, 6.07) is 14.3. The second-order valence-electron chi connectivity index (χ2n) is 6.77. The Kier molecular flexibility index (Phi) is 5.78. The van der Waals surface area contributed by atoms with Crippen LogP contribution in [0.2, 0.25) is 0 Å². The number of methoxy groups -OCH3 is 2. The van der Waals surface area contributed by atoms with E-state index in [1.807, 2.05) is 18.2 Å². The maximum atomic E-state index is 5.37. The number of rotatable bonds is 6. The maximum Gasteiger partial charge on any atom is 0.186 e. The molecule has 146 valence electrons. The highest BCUT2D eigenvalue weighted by Crippen LogP contribution is 2.29. The number of nitrogens with zero attached hydrogens (tertiary/aromatic N) is 3. The fraction of sp³-hybridized carbons (Fsp3) is 0.318. The molecule has 2 aromatic carbocycles. The Morgan fingerprint density at radius 3 is 2.54 bits per heavy atom. The van der Waals surface area contributed by atoms with Gasteiger partial charge in [-0.25, -0.2) is 4.98 Å². The van der Waals surface area contributed by atoms with E-state index in [2.05, 4.69) is 46.2 Å². The number of anilines is 1. The zero-order valence-corrected chi connectivity index (χ0v) is 17.1. The minimum Gasteiger partial charge on any atom is -0.493 e. The largest absolute Gasteiger partial charge is 0.493 e. The lowest BCUT2D eigenvalue weighted by atomic mass is 10.2. The molecule has 3 aromatic rings. The van der Waals surface area contributed by atoms with Crippen LogP contribution in [0.5, 0.6) is 11.5 Å². The highest BCUT2D eigenvalue weighted by Gasteiger charge is 2.19. The van der Waals surface area contributed by atoms with E-state index in [0.29, 0.717) is 0 Å². The van der Waals surface area contributed by atoms with Crippen molar-refractivity contribution in [1.29, 1.82) is 0 Å². The van der Waals surface area contributed by atoms with Gasteiger partial charge in [0.05, 0.1) is 24.4 Å². The molecule has 0 radical (unpaired) electrons. The molecule has 0 bridgehead atoms. The smallest absolute Gasteiger partial charge is 0.186 e. The number of thiazole rings is 1. The Bertz CT molecular complexity index is 928. The van der Waals surface area contributed by atoms with Crippen molar-refractivity contribution in [3.63, 3.8) is 0 Å². The molecule has 0 atom stereocenters. The van der Waals surface area contributed by atoms with Gasteiger partial charge in [0.25, 0.3) is 0 Å². The number of hydrogen-bond acceptors (Lipinski definition) is 6. The lowest BCUT2D eigenvalue weighted by Gasteiger charge is -2.33. The van der Waals surface area contributed by atoms with Crippen LogP contribution in [0.4, 0.5) is 5.13 Å². The Hall–Kier alpha value is -2.57. The third-order valence-corrected chi connectivity index (χ3v) is 6.10. The molecule has 1 aromatic heterocycles. The molecule has 0 saturated carbocycles. The molecule has 0 N–H and O–H groups in total. The lowest BCUT2D eigenvalue weighted by molar-refractivity contribution is 0.284. The van der Waals surface area contributed by atoms with Crippen molar-refractivity contribution in [2.24, 2.45) is 0 Å². The minimum atomic E-state index is 0.755. The predicted octanol–water partition coefficient (Wildman–Crippen LogP) is 4.15. The van der Waals surface area contributed by atoms with Crippen molar-refractivity contribution >= 4 is 32.8 Å². The third-order valence-electron chi connectivity index (χ3n) is 5.01. The van der Waals surface area contributed by atoms with Crippen LogP contribution in [0.3, 0.4) is 0 Å². The number of aromatic nitrogens is 1. The van der Waals surface area contributed by atoms with Gasteiger partial charge >= 0.3 is 0 Å². The first kappa shape index (κ1) is 18.8. The standard InChI is InChI=1S/C22H25N3O2S/c1-26-19-10-9-17(16-20(19)27-2)6-5-11-24-12-14-25(15-13-24)22-23-18-7-3-4-8-21(18)28-22/h3-10,16H,11-15H2,1-2H3/b6-5+. The first-order valence-electron chi connectivity index (χ1n) is 9.48. The highest BCUT2D eigenvalue weighted by atomic mass is 32.1. The van der Waals surface area contributed by atoms with Gasteiger partial charge in [-0.05, 0) is 29.8 Å². The van der Waals surface area contributed by atoms with Crippen LogP contribution < -0.4 is 14.4 Å². The Morgan fingerprint density at radius 2 is 1.79 bits per heavy atom. The topological polar surface area (TPSA) is 37.8 Å². The number of para-hydroxylation sites is 1. The van der Waals surface area contributed by atoms with Crippen molar-refractivity contribution in [3.05, 3.63) is 54.1 Å². The van der Waals surface area contributed by atoms with E-state index < -0.39 is 0 Å². The number of ether oxygens (including phenoxy) is 2. The van der Waals surface area contributed by atoms with Gasteiger partial charge in [-0.2, -0.15) is 0 Å². The summed E-state index contributed by atoms with van der Waals surface area (Å²) in [5.74, 6) is 1.51. The van der Waals surface area contributed by atoms with Crippen molar-refractivity contribution in [3.8, 4) is 11.5 Å². The van der Waals surface area contributed by atoms with Gasteiger partial charge in [0, 0.05) is 32.7 Å². The summed E-state index contributed by atoms with van der Waals surface area (Å²) in [4.78, 5) is 9.66. The SMILES string of the molecule is COc1ccc(/C=C/CN2CCN(c3nc4ccccc4s3)CC2)cc1OC. The molecular formula is C22H25N3O2S. The lowest BCUT2D eigenvalue weighted by Crippen LogP contribution is -2.46. The second-order valence-corrected chi connectivity index (χ2v) is 7.78. The van der Waals surface area contributed by atoms with Crippen LogP contribution in [0.1, 0.15) is 5.56 Å². The minimum absolute atomic E-state index is 0.755. The summed E-state index contributed by atoms with van der Waals surface area (Å²) < 4.78 is 11.9. The molecule has 28 heavy (non-hydrogen) atoms. The Balaban J connectivity index is 1.31. The Labute approximate surface area is 169 Å². The molecule has 0 aliphatic carbocycles. The normalized spacial score (nSPS) is 15.4. The number of piperazine rings is 1. The quantitative estimate of drug-likeness (QED) is 0.627. The molecule has 1 fully saturated rings. The first-order valence-corrected chi connectivity index (χ1v) is 10.3. The van der Waals surface area contributed by atoms with Crippen molar-refractivity contribution in [1.82, 2.24) is 9.88 Å². The van der Waals surface area contributed by atoms with E-state index >= 15 is 0 Å². The van der Waals surface area contributed by atoms with E-state index in [-0.39, 0.29) is 0 Å². The average molecular weight is 396 g/mol. The van der Waals surface area contributed by atoms with Gasteiger partial charge in [-0.15, -0.1) is 0 Å². The number of benzene rings is 2. The number of hydrogen-bond donors (Lipinski definition) is 0.